The molecule has 1 aromatic rings. The Kier molecular flexibility index (Phi) is 3.84. The third-order valence-electron chi connectivity index (χ3n) is 2.49. The lowest BCUT2D eigenvalue weighted by atomic mass is 10.3. The van der Waals surface area contributed by atoms with E-state index in [0.29, 0.717) is 12.3 Å². The van der Waals surface area contributed by atoms with E-state index >= 15 is 0 Å². The molecule has 0 bridgehead atoms. The number of benzene rings is 1. The van der Waals surface area contributed by atoms with Crippen LogP contribution in [0.25, 0.3) is 0 Å². The van der Waals surface area contributed by atoms with Crippen LogP contribution in [0, 0.1) is 0 Å². The molecule has 1 aliphatic rings. The van der Waals surface area contributed by atoms with Gasteiger partial charge in [-0.1, -0.05) is 18.2 Å². The SMILES string of the molecule is CC1(C)OCC(COC(=O)Nc2ccccc2)O1. The van der Waals surface area contributed by atoms with E-state index in [1.165, 1.54) is 0 Å². The minimum atomic E-state index is -0.593. The molecule has 1 amide bonds. The standard InChI is InChI=1S/C13H17NO4/c1-13(2)17-9-11(18-13)8-16-12(15)14-10-6-4-3-5-7-10/h3-7,11H,8-9H2,1-2H3,(H,14,15). The molecule has 0 saturated carbocycles. The third-order valence-corrected chi connectivity index (χ3v) is 2.49. The summed E-state index contributed by atoms with van der Waals surface area (Å²) in [7, 11) is 0. The van der Waals surface area contributed by atoms with Gasteiger partial charge in [0.25, 0.3) is 0 Å². The quantitative estimate of drug-likeness (QED) is 0.896. The molecule has 5 nitrogen and oxygen atoms in total. The average molecular weight is 251 g/mol. The second kappa shape index (κ2) is 5.37. The first-order chi connectivity index (χ1) is 8.55. The van der Waals surface area contributed by atoms with Gasteiger partial charge in [0.05, 0.1) is 6.61 Å². The van der Waals surface area contributed by atoms with Gasteiger partial charge >= 0.3 is 6.09 Å². The second-order valence-corrected chi connectivity index (χ2v) is 4.54. The van der Waals surface area contributed by atoms with Crippen LogP contribution in [0.15, 0.2) is 30.3 Å². The molecule has 0 radical (unpaired) electrons. The highest BCUT2D eigenvalue weighted by molar-refractivity contribution is 5.84. The minimum Gasteiger partial charge on any atom is -0.446 e. The van der Waals surface area contributed by atoms with Crippen molar-refractivity contribution in [1.29, 1.82) is 0 Å². The molecular formula is C13H17NO4. The Bertz CT molecular complexity index is 405. The van der Waals surface area contributed by atoms with Crippen LogP contribution in [0.5, 0.6) is 0 Å². The molecule has 1 fully saturated rings. The molecule has 0 aliphatic carbocycles. The van der Waals surface area contributed by atoms with E-state index in [2.05, 4.69) is 5.32 Å². The molecular weight excluding hydrogens is 234 g/mol. The van der Waals surface area contributed by atoms with Crippen molar-refractivity contribution in [2.24, 2.45) is 0 Å². The highest BCUT2D eigenvalue weighted by atomic mass is 16.7. The molecule has 0 spiro atoms. The van der Waals surface area contributed by atoms with E-state index in [1.807, 2.05) is 32.0 Å². The van der Waals surface area contributed by atoms with Gasteiger partial charge in [-0.3, -0.25) is 5.32 Å². The zero-order valence-electron chi connectivity index (χ0n) is 10.5. The van der Waals surface area contributed by atoms with Gasteiger partial charge in [-0.25, -0.2) is 4.79 Å². The van der Waals surface area contributed by atoms with Crippen molar-refractivity contribution in [3.63, 3.8) is 0 Å². The van der Waals surface area contributed by atoms with Gasteiger partial charge < -0.3 is 14.2 Å². The summed E-state index contributed by atoms with van der Waals surface area (Å²) in [5.41, 5.74) is 0.700. The van der Waals surface area contributed by atoms with Crippen molar-refractivity contribution in [2.75, 3.05) is 18.5 Å². The highest BCUT2D eigenvalue weighted by Crippen LogP contribution is 2.22. The van der Waals surface area contributed by atoms with Gasteiger partial charge in [-0.05, 0) is 26.0 Å². The highest BCUT2D eigenvalue weighted by Gasteiger charge is 2.33. The Balaban J connectivity index is 1.73. The first kappa shape index (κ1) is 12.9. The molecule has 1 saturated heterocycles. The number of anilines is 1. The van der Waals surface area contributed by atoms with Crippen LogP contribution in [-0.2, 0) is 14.2 Å². The minimum absolute atomic E-state index is 0.183. The summed E-state index contributed by atoms with van der Waals surface area (Å²) in [5.74, 6) is -0.593. The Labute approximate surface area is 106 Å². The van der Waals surface area contributed by atoms with Crippen LogP contribution < -0.4 is 5.32 Å². The van der Waals surface area contributed by atoms with Gasteiger partial charge in [0, 0.05) is 5.69 Å². The Morgan fingerprint density at radius 3 is 2.78 bits per heavy atom. The summed E-state index contributed by atoms with van der Waals surface area (Å²) in [6, 6.07) is 9.14. The van der Waals surface area contributed by atoms with Crippen molar-refractivity contribution in [2.45, 2.75) is 25.7 Å². The zero-order chi connectivity index (χ0) is 13.0. The molecule has 1 heterocycles. The predicted octanol–water partition coefficient (Wildman–Crippen LogP) is 2.39. The van der Waals surface area contributed by atoms with E-state index in [-0.39, 0.29) is 12.7 Å². The van der Waals surface area contributed by atoms with Crippen molar-refractivity contribution in [3.05, 3.63) is 30.3 Å². The van der Waals surface area contributed by atoms with Crippen LogP contribution in [0.3, 0.4) is 0 Å². The zero-order valence-corrected chi connectivity index (χ0v) is 10.5. The number of hydrogen-bond donors (Lipinski definition) is 1. The number of para-hydroxylation sites is 1. The number of carbonyl (C=O) groups excluding carboxylic acids is 1. The van der Waals surface area contributed by atoms with Crippen LogP contribution in [0.2, 0.25) is 0 Å². The number of nitrogens with one attached hydrogen (secondary N) is 1. The maximum atomic E-state index is 11.5. The Hall–Kier alpha value is -1.59. The van der Waals surface area contributed by atoms with Crippen LogP contribution in [-0.4, -0.2) is 31.2 Å². The van der Waals surface area contributed by atoms with Crippen molar-refractivity contribution in [1.82, 2.24) is 0 Å². The largest absolute Gasteiger partial charge is 0.446 e. The molecule has 1 aromatic carbocycles. The fraction of sp³-hybridized carbons (Fsp3) is 0.462. The van der Waals surface area contributed by atoms with Gasteiger partial charge in [-0.2, -0.15) is 0 Å². The maximum Gasteiger partial charge on any atom is 0.411 e. The monoisotopic (exact) mass is 251 g/mol. The van der Waals surface area contributed by atoms with Gasteiger partial charge in [-0.15, -0.1) is 0 Å². The molecule has 0 aromatic heterocycles. The van der Waals surface area contributed by atoms with Crippen molar-refractivity contribution < 1.29 is 19.0 Å². The van der Waals surface area contributed by atoms with Crippen molar-refractivity contribution in [3.8, 4) is 0 Å². The number of carbonyl (C=O) groups is 1. The summed E-state index contributed by atoms with van der Waals surface area (Å²) in [6.07, 6.45) is -0.698. The molecule has 1 aliphatic heterocycles. The fourth-order valence-electron chi connectivity index (χ4n) is 1.69. The second-order valence-electron chi connectivity index (χ2n) is 4.54. The van der Waals surface area contributed by atoms with E-state index in [4.69, 9.17) is 14.2 Å². The van der Waals surface area contributed by atoms with Gasteiger partial charge in [0.15, 0.2) is 5.79 Å². The number of amides is 1. The van der Waals surface area contributed by atoms with E-state index in [1.54, 1.807) is 12.1 Å². The topological polar surface area (TPSA) is 56.8 Å². The normalized spacial score (nSPS) is 21.6. The number of hydrogen-bond acceptors (Lipinski definition) is 4. The van der Waals surface area contributed by atoms with Crippen LogP contribution >= 0.6 is 0 Å². The van der Waals surface area contributed by atoms with Gasteiger partial charge in [0.1, 0.15) is 12.7 Å². The van der Waals surface area contributed by atoms with Crippen LogP contribution in [0.4, 0.5) is 10.5 Å². The maximum absolute atomic E-state index is 11.5. The molecule has 18 heavy (non-hydrogen) atoms. The molecule has 2 rings (SSSR count). The third kappa shape index (κ3) is 3.72. The molecule has 1 atom stereocenters. The lowest BCUT2D eigenvalue weighted by molar-refractivity contribution is -0.142. The number of ether oxygens (including phenoxy) is 3. The summed E-state index contributed by atoms with van der Waals surface area (Å²) in [6.45, 7) is 4.28. The smallest absolute Gasteiger partial charge is 0.411 e. The van der Waals surface area contributed by atoms with E-state index in [9.17, 15) is 4.79 Å². The predicted molar refractivity (Wildman–Crippen MR) is 66.3 cm³/mol. The summed E-state index contributed by atoms with van der Waals surface area (Å²) in [5, 5.41) is 2.63. The number of rotatable bonds is 3. The fourth-order valence-corrected chi connectivity index (χ4v) is 1.69. The van der Waals surface area contributed by atoms with Gasteiger partial charge in [0.2, 0.25) is 0 Å². The summed E-state index contributed by atoms with van der Waals surface area (Å²) < 4.78 is 16.0. The first-order valence-electron chi connectivity index (χ1n) is 5.86. The van der Waals surface area contributed by atoms with E-state index in [0.717, 1.165) is 0 Å². The lowest BCUT2D eigenvalue weighted by Crippen LogP contribution is -2.26. The first-order valence-corrected chi connectivity index (χ1v) is 5.86. The summed E-state index contributed by atoms with van der Waals surface area (Å²) in [4.78, 5) is 11.5. The molecule has 1 unspecified atom stereocenters. The molecule has 1 N–H and O–H groups in total. The Morgan fingerprint density at radius 2 is 2.17 bits per heavy atom. The lowest BCUT2D eigenvalue weighted by Gasteiger charge is -2.17. The van der Waals surface area contributed by atoms with Crippen LogP contribution in [0.1, 0.15) is 13.8 Å². The average Bonchev–Trinajstić information content (AvgIpc) is 2.68. The molecule has 98 valence electrons. The summed E-state index contributed by atoms with van der Waals surface area (Å²) >= 11 is 0. The Morgan fingerprint density at radius 1 is 1.44 bits per heavy atom. The van der Waals surface area contributed by atoms with E-state index < -0.39 is 11.9 Å². The molecule has 5 heteroatoms. The van der Waals surface area contributed by atoms with Crippen molar-refractivity contribution >= 4 is 11.8 Å².